The maximum Gasteiger partial charge on any atom is 0.213 e. The van der Waals surface area contributed by atoms with E-state index in [1.807, 2.05) is 44.6 Å². The van der Waals surface area contributed by atoms with E-state index in [2.05, 4.69) is 14.5 Å². The van der Waals surface area contributed by atoms with Crippen molar-refractivity contribution in [1.82, 2.24) is 14.5 Å². The molecule has 0 bridgehead atoms. The van der Waals surface area contributed by atoms with Crippen LogP contribution in [0.2, 0.25) is 0 Å². The number of carbonyl (C=O) groups excluding carboxylic acids is 1. The van der Waals surface area contributed by atoms with E-state index < -0.39 is 0 Å². The summed E-state index contributed by atoms with van der Waals surface area (Å²) in [6.45, 7) is 3.43. The number of rotatable bonds is 6. The molecule has 1 saturated carbocycles. The Bertz CT molecular complexity index is 835. The van der Waals surface area contributed by atoms with Crippen LogP contribution in [0.15, 0.2) is 36.7 Å². The Morgan fingerprint density at radius 2 is 2.21 bits per heavy atom. The lowest BCUT2D eigenvalue weighted by Crippen LogP contribution is -2.52. The van der Waals surface area contributed by atoms with Gasteiger partial charge in [-0.15, -0.1) is 0 Å². The predicted molar refractivity (Wildman–Crippen MR) is 106 cm³/mol. The van der Waals surface area contributed by atoms with Gasteiger partial charge in [0, 0.05) is 69.4 Å². The zero-order valence-corrected chi connectivity index (χ0v) is 16.9. The molecule has 0 amide bonds. The molecule has 1 aliphatic heterocycles. The second kappa shape index (κ2) is 7.68. The third kappa shape index (κ3) is 3.59. The standard InChI is InChI=1S/C22H29N3O3/c1-16(26)17-12-18(24(2)14-17)15-25-11-9-22(27-3)8-7-19(13-20(22)25)28-21-6-4-5-10-23-21/h4-6,10,12,14,19-20H,7-9,11,13,15H2,1-3H3. The van der Waals surface area contributed by atoms with Gasteiger partial charge in [-0.3, -0.25) is 9.69 Å². The first kappa shape index (κ1) is 19.2. The zero-order chi connectivity index (χ0) is 19.7. The second-order valence-electron chi connectivity index (χ2n) is 8.07. The number of nitrogens with zero attached hydrogens (tertiary/aromatic N) is 3. The molecule has 3 heterocycles. The summed E-state index contributed by atoms with van der Waals surface area (Å²) in [4.78, 5) is 18.5. The molecule has 28 heavy (non-hydrogen) atoms. The van der Waals surface area contributed by atoms with Crippen LogP contribution in [0.5, 0.6) is 5.88 Å². The molecule has 1 aliphatic carbocycles. The van der Waals surface area contributed by atoms with E-state index in [0.717, 1.165) is 50.0 Å². The van der Waals surface area contributed by atoms with Gasteiger partial charge in [0.25, 0.3) is 0 Å². The molecule has 0 spiro atoms. The number of ether oxygens (including phenoxy) is 2. The molecule has 2 fully saturated rings. The predicted octanol–water partition coefficient (Wildman–Crippen LogP) is 3.21. The Hall–Kier alpha value is -2.18. The van der Waals surface area contributed by atoms with Crippen molar-refractivity contribution < 1.29 is 14.3 Å². The normalized spacial score (nSPS) is 27.5. The third-order valence-electron chi connectivity index (χ3n) is 6.46. The summed E-state index contributed by atoms with van der Waals surface area (Å²) in [5.41, 5.74) is 1.83. The number of pyridine rings is 1. The van der Waals surface area contributed by atoms with Crippen LogP contribution in [-0.2, 0) is 18.3 Å². The minimum Gasteiger partial charge on any atom is -0.474 e. The molecule has 0 aromatic carbocycles. The molecule has 0 N–H and O–H groups in total. The smallest absolute Gasteiger partial charge is 0.213 e. The van der Waals surface area contributed by atoms with Gasteiger partial charge in [-0.1, -0.05) is 6.07 Å². The number of fused-ring (bicyclic) bond motifs is 1. The highest BCUT2D eigenvalue weighted by atomic mass is 16.5. The summed E-state index contributed by atoms with van der Waals surface area (Å²) in [5, 5.41) is 0. The van der Waals surface area contributed by atoms with Gasteiger partial charge in [0.05, 0.1) is 5.60 Å². The first-order chi connectivity index (χ1) is 13.5. The van der Waals surface area contributed by atoms with Crippen molar-refractivity contribution in [2.45, 2.75) is 56.9 Å². The van der Waals surface area contributed by atoms with Crippen LogP contribution >= 0.6 is 0 Å². The van der Waals surface area contributed by atoms with E-state index in [9.17, 15) is 4.79 Å². The van der Waals surface area contributed by atoms with Crippen molar-refractivity contribution in [3.05, 3.63) is 47.9 Å². The molecule has 2 aliphatic rings. The Balaban J connectivity index is 1.50. The van der Waals surface area contributed by atoms with E-state index in [0.29, 0.717) is 11.9 Å². The minimum atomic E-state index is -0.0987. The highest BCUT2D eigenvalue weighted by Crippen LogP contribution is 2.43. The number of Topliss-reactive ketones (excluding diaryl/α,β-unsaturated/α-hetero) is 1. The van der Waals surface area contributed by atoms with Gasteiger partial charge in [0.15, 0.2) is 5.78 Å². The van der Waals surface area contributed by atoms with E-state index in [1.54, 1.807) is 13.1 Å². The number of aromatic nitrogens is 2. The van der Waals surface area contributed by atoms with Crippen LogP contribution in [0, 0.1) is 0 Å². The fourth-order valence-corrected chi connectivity index (χ4v) is 4.81. The molecule has 2 aromatic rings. The van der Waals surface area contributed by atoms with Crippen molar-refractivity contribution >= 4 is 5.78 Å². The number of likely N-dealkylation sites (tertiary alicyclic amines) is 1. The van der Waals surface area contributed by atoms with Crippen molar-refractivity contribution in [2.75, 3.05) is 13.7 Å². The fraction of sp³-hybridized carbons (Fsp3) is 0.545. The number of methoxy groups -OCH3 is 1. The van der Waals surface area contributed by atoms with E-state index in [-0.39, 0.29) is 17.5 Å². The molecule has 1 saturated heterocycles. The molecule has 6 nitrogen and oxygen atoms in total. The Kier molecular flexibility index (Phi) is 5.25. The number of hydrogen-bond donors (Lipinski definition) is 0. The summed E-state index contributed by atoms with van der Waals surface area (Å²) >= 11 is 0. The summed E-state index contributed by atoms with van der Waals surface area (Å²) in [5.74, 6) is 0.798. The first-order valence-corrected chi connectivity index (χ1v) is 10.0. The van der Waals surface area contributed by atoms with Crippen molar-refractivity contribution in [3.63, 3.8) is 0 Å². The second-order valence-corrected chi connectivity index (χ2v) is 8.07. The average molecular weight is 383 g/mol. The van der Waals surface area contributed by atoms with E-state index >= 15 is 0 Å². The van der Waals surface area contributed by atoms with Gasteiger partial charge in [0.2, 0.25) is 5.88 Å². The van der Waals surface area contributed by atoms with Gasteiger partial charge in [-0.25, -0.2) is 4.98 Å². The monoisotopic (exact) mass is 383 g/mol. The van der Waals surface area contributed by atoms with Gasteiger partial charge >= 0.3 is 0 Å². The number of carbonyl (C=O) groups is 1. The Labute approximate surface area is 166 Å². The van der Waals surface area contributed by atoms with Crippen molar-refractivity contribution in [1.29, 1.82) is 0 Å². The summed E-state index contributed by atoms with van der Waals surface area (Å²) in [7, 11) is 3.85. The topological polar surface area (TPSA) is 56.6 Å². The van der Waals surface area contributed by atoms with Crippen molar-refractivity contribution in [3.8, 4) is 5.88 Å². The quantitative estimate of drug-likeness (QED) is 0.717. The van der Waals surface area contributed by atoms with Crippen molar-refractivity contribution in [2.24, 2.45) is 7.05 Å². The molecular weight excluding hydrogens is 354 g/mol. The van der Waals surface area contributed by atoms with Crippen LogP contribution in [0.1, 0.15) is 48.7 Å². The van der Waals surface area contributed by atoms with Crippen LogP contribution in [0.4, 0.5) is 0 Å². The lowest BCUT2D eigenvalue weighted by molar-refractivity contribution is -0.0845. The number of aryl methyl sites for hydroxylation is 1. The lowest BCUT2D eigenvalue weighted by Gasteiger charge is -2.43. The van der Waals surface area contributed by atoms with E-state index in [1.165, 1.54) is 0 Å². The third-order valence-corrected chi connectivity index (χ3v) is 6.46. The van der Waals surface area contributed by atoms with Gasteiger partial charge in [-0.05, 0) is 38.3 Å². The van der Waals surface area contributed by atoms with Gasteiger partial charge < -0.3 is 14.0 Å². The molecule has 3 unspecified atom stereocenters. The Morgan fingerprint density at radius 3 is 2.89 bits per heavy atom. The number of hydrogen-bond acceptors (Lipinski definition) is 5. The molecule has 3 atom stereocenters. The molecule has 150 valence electrons. The summed E-state index contributed by atoms with van der Waals surface area (Å²) in [6.07, 6.45) is 7.77. The first-order valence-electron chi connectivity index (χ1n) is 10.0. The van der Waals surface area contributed by atoms with Gasteiger partial charge in [-0.2, -0.15) is 0 Å². The Morgan fingerprint density at radius 1 is 1.36 bits per heavy atom. The fourth-order valence-electron chi connectivity index (χ4n) is 4.81. The molecule has 4 rings (SSSR count). The van der Waals surface area contributed by atoms with Gasteiger partial charge in [0.1, 0.15) is 6.10 Å². The van der Waals surface area contributed by atoms with Crippen LogP contribution in [0.3, 0.4) is 0 Å². The average Bonchev–Trinajstić information content (AvgIpc) is 3.25. The minimum absolute atomic E-state index is 0.0987. The summed E-state index contributed by atoms with van der Waals surface area (Å²) in [6, 6.07) is 8.08. The lowest BCUT2D eigenvalue weighted by atomic mass is 9.79. The molecule has 6 heteroatoms. The van der Waals surface area contributed by atoms with Crippen LogP contribution < -0.4 is 4.74 Å². The van der Waals surface area contributed by atoms with E-state index in [4.69, 9.17) is 9.47 Å². The molecular formula is C22H29N3O3. The summed E-state index contributed by atoms with van der Waals surface area (Å²) < 4.78 is 14.3. The maximum atomic E-state index is 11.7. The highest BCUT2D eigenvalue weighted by molar-refractivity contribution is 5.94. The molecule has 0 radical (unpaired) electrons. The van der Waals surface area contributed by atoms with Crippen LogP contribution in [0.25, 0.3) is 0 Å². The zero-order valence-electron chi connectivity index (χ0n) is 16.9. The maximum absolute atomic E-state index is 11.7. The highest BCUT2D eigenvalue weighted by Gasteiger charge is 2.51. The molecule has 2 aromatic heterocycles. The largest absolute Gasteiger partial charge is 0.474 e. The number of ketones is 1. The SMILES string of the molecule is COC12CCC(Oc3ccccn3)CC1N(Cc1cc(C(C)=O)cn1C)CC2. The van der Waals surface area contributed by atoms with Crippen LogP contribution in [-0.4, -0.2) is 51.6 Å².